The first-order valence-corrected chi connectivity index (χ1v) is 6.87. The first-order chi connectivity index (χ1) is 8.36. The molecule has 1 aromatic heterocycles. The summed E-state index contributed by atoms with van der Waals surface area (Å²) in [5.41, 5.74) is 1.25. The summed E-state index contributed by atoms with van der Waals surface area (Å²) < 4.78 is 0. The molecule has 1 fully saturated rings. The number of nitrogens with zero attached hydrogens (tertiary/aromatic N) is 1. The van der Waals surface area contributed by atoms with Gasteiger partial charge < -0.3 is 0 Å². The quantitative estimate of drug-likeness (QED) is 0.807. The Morgan fingerprint density at radius 2 is 1.82 bits per heavy atom. The average molecular weight is 234 g/mol. The van der Waals surface area contributed by atoms with E-state index >= 15 is 0 Å². The van der Waals surface area contributed by atoms with Crippen LogP contribution in [0.5, 0.6) is 0 Å². The van der Waals surface area contributed by atoms with Crippen molar-refractivity contribution in [3.05, 3.63) is 18.0 Å². The third-order valence-corrected chi connectivity index (χ3v) is 3.73. The van der Waals surface area contributed by atoms with Crippen LogP contribution < -0.4 is 0 Å². The Balaban J connectivity index is 1.93. The minimum absolute atomic E-state index is 0.454. The summed E-state index contributed by atoms with van der Waals surface area (Å²) in [6.45, 7) is 0. The van der Waals surface area contributed by atoms with Crippen molar-refractivity contribution in [2.24, 2.45) is 0 Å². The van der Waals surface area contributed by atoms with Crippen molar-refractivity contribution >= 4 is 5.78 Å². The van der Waals surface area contributed by atoms with Crippen molar-refractivity contribution in [1.82, 2.24) is 10.2 Å². The van der Waals surface area contributed by atoms with E-state index in [4.69, 9.17) is 0 Å². The summed E-state index contributed by atoms with van der Waals surface area (Å²) >= 11 is 0. The van der Waals surface area contributed by atoms with Crippen LogP contribution in [0.3, 0.4) is 0 Å². The van der Waals surface area contributed by atoms with Crippen molar-refractivity contribution in [2.45, 2.75) is 63.7 Å². The molecule has 1 heterocycles. The smallest absolute Gasteiger partial charge is 0.132 e. The van der Waals surface area contributed by atoms with Gasteiger partial charge in [0.1, 0.15) is 5.78 Å². The van der Waals surface area contributed by atoms with E-state index in [-0.39, 0.29) is 0 Å². The van der Waals surface area contributed by atoms with E-state index in [1.54, 1.807) is 0 Å². The zero-order chi connectivity index (χ0) is 11.9. The lowest BCUT2D eigenvalue weighted by Crippen LogP contribution is -2.02. The maximum atomic E-state index is 11.6. The molecule has 0 saturated heterocycles. The van der Waals surface area contributed by atoms with Gasteiger partial charge in [-0.1, -0.05) is 19.3 Å². The van der Waals surface area contributed by atoms with Gasteiger partial charge in [0.05, 0.1) is 0 Å². The summed E-state index contributed by atoms with van der Waals surface area (Å²) in [4.78, 5) is 11.6. The second kappa shape index (κ2) is 6.58. The second-order valence-electron chi connectivity index (χ2n) is 5.09. The van der Waals surface area contributed by atoms with Crippen LogP contribution in [-0.4, -0.2) is 16.0 Å². The van der Waals surface area contributed by atoms with Crippen LogP contribution in [0.2, 0.25) is 0 Å². The van der Waals surface area contributed by atoms with Crippen molar-refractivity contribution in [3.8, 4) is 0 Å². The third kappa shape index (κ3) is 3.99. The molecule has 3 heteroatoms. The zero-order valence-electron chi connectivity index (χ0n) is 10.5. The Morgan fingerprint density at radius 1 is 1.06 bits per heavy atom. The van der Waals surface area contributed by atoms with Crippen LogP contribution in [0.1, 0.15) is 69.4 Å². The predicted molar refractivity (Wildman–Crippen MR) is 67.9 cm³/mol. The van der Waals surface area contributed by atoms with Crippen molar-refractivity contribution in [1.29, 1.82) is 0 Å². The number of aromatic amines is 1. The van der Waals surface area contributed by atoms with E-state index in [1.165, 1.54) is 31.4 Å². The van der Waals surface area contributed by atoms with Gasteiger partial charge in [-0.2, -0.15) is 5.10 Å². The van der Waals surface area contributed by atoms with E-state index in [1.807, 2.05) is 6.20 Å². The van der Waals surface area contributed by atoms with Crippen LogP contribution in [-0.2, 0) is 4.79 Å². The fourth-order valence-corrected chi connectivity index (χ4v) is 2.69. The Morgan fingerprint density at radius 3 is 2.65 bits per heavy atom. The molecule has 0 amide bonds. The molecule has 1 saturated carbocycles. The van der Waals surface area contributed by atoms with E-state index in [2.05, 4.69) is 16.3 Å². The highest BCUT2D eigenvalue weighted by Crippen LogP contribution is 2.27. The van der Waals surface area contributed by atoms with Gasteiger partial charge in [0.25, 0.3) is 0 Å². The van der Waals surface area contributed by atoms with Gasteiger partial charge in [-0.3, -0.25) is 9.89 Å². The van der Waals surface area contributed by atoms with Gasteiger partial charge in [0.15, 0.2) is 0 Å². The highest BCUT2D eigenvalue weighted by atomic mass is 16.1. The minimum atomic E-state index is 0.454. The number of hydrogen-bond acceptors (Lipinski definition) is 2. The molecular weight excluding hydrogens is 212 g/mol. The summed E-state index contributed by atoms with van der Waals surface area (Å²) in [6, 6.07) is 2.08. The molecule has 1 aliphatic carbocycles. The number of ketones is 1. The molecule has 1 unspecified atom stereocenters. The highest BCUT2D eigenvalue weighted by molar-refractivity contribution is 5.78. The molecule has 0 aromatic carbocycles. The molecule has 1 N–H and O–H groups in total. The molecular formula is C14H22N2O. The standard InChI is InChI=1S/C14H22N2O/c17-13-8-4-2-1-3-6-12(7-5-9-13)14-10-11-15-16-14/h10-12H,1-9H2,(H,15,16). The molecule has 0 aliphatic heterocycles. The monoisotopic (exact) mass is 234 g/mol. The number of rotatable bonds is 1. The molecule has 17 heavy (non-hydrogen) atoms. The Hall–Kier alpha value is -1.12. The Labute approximate surface area is 103 Å². The van der Waals surface area contributed by atoms with Gasteiger partial charge in [-0.05, 0) is 31.7 Å². The fraction of sp³-hybridized carbons (Fsp3) is 0.714. The zero-order valence-corrected chi connectivity index (χ0v) is 10.5. The topological polar surface area (TPSA) is 45.8 Å². The lowest BCUT2D eigenvalue weighted by atomic mass is 9.92. The lowest BCUT2D eigenvalue weighted by molar-refractivity contribution is -0.119. The minimum Gasteiger partial charge on any atom is -0.300 e. The summed E-state index contributed by atoms with van der Waals surface area (Å²) in [6.07, 6.45) is 11.6. The van der Waals surface area contributed by atoms with Crippen LogP contribution in [0.15, 0.2) is 12.3 Å². The number of aromatic nitrogens is 2. The summed E-state index contributed by atoms with van der Waals surface area (Å²) in [5.74, 6) is 1.03. The molecule has 1 aromatic rings. The summed E-state index contributed by atoms with van der Waals surface area (Å²) in [5, 5.41) is 7.12. The molecule has 3 nitrogen and oxygen atoms in total. The molecule has 1 atom stereocenters. The molecule has 0 radical (unpaired) electrons. The van der Waals surface area contributed by atoms with E-state index in [0.29, 0.717) is 11.7 Å². The summed E-state index contributed by atoms with van der Waals surface area (Å²) in [7, 11) is 0. The van der Waals surface area contributed by atoms with E-state index < -0.39 is 0 Å². The number of Topliss-reactive ketones (excluding diaryl/α,β-unsaturated/α-hetero) is 1. The SMILES string of the molecule is O=C1CCCCCCC(c2ccn[nH]2)CCC1. The highest BCUT2D eigenvalue weighted by Gasteiger charge is 2.14. The van der Waals surface area contributed by atoms with Crippen LogP contribution in [0.4, 0.5) is 0 Å². The van der Waals surface area contributed by atoms with Gasteiger partial charge in [-0.25, -0.2) is 0 Å². The first kappa shape index (κ1) is 12.3. The van der Waals surface area contributed by atoms with E-state index in [9.17, 15) is 4.79 Å². The van der Waals surface area contributed by atoms with Crippen molar-refractivity contribution in [2.75, 3.05) is 0 Å². The Kier molecular flexibility index (Phi) is 4.77. The number of carbonyl (C=O) groups is 1. The van der Waals surface area contributed by atoms with Crippen LogP contribution >= 0.6 is 0 Å². The Bertz CT molecular complexity index is 332. The molecule has 1 aliphatic rings. The average Bonchev–Trinajstić information content (AvgIpc) is 2.82. The fourth-order valence-electron chi connectivity index (χ4n) is 2.69. The van der Waals surface area contributed by atoms with Crippen molar-refractivity contribution < 1.29 is 4.79 Å². The van der Waals surface area contributed by atoms with Crippen LogP contribution in [0.25, 0.3) is 0 Å². The lowest BCUT2D eigenvalue weighted by Gasteiger charge is -2.14. The number of carbonyl (C=O) groups excluding carboxylic acids is 1. The second-order valence-corrected chi connectivity index (χ2v) is 5.09. The van der Waals surface area contributed by atoms with Crippen molar-refractivity contribution in [3.63, 3.8) is 0 Å². The van der Waals surface area contributed by atoms with E-state index in [0.717, 1.165) is 32.1 Å². The molecule has 0 bridgehead atoms. The normalized spacial score (nSPS) is 24.2. The predicted octanol–water partition coefficient (Wildman–Crippen LogP) is 3.59. The molecule has 94 valence electrons. The number of nitrogens with one attached hydrogen (secondary N) is 1. The molecule has 0 spiro atoms. The maximum absolute atomic E-state index is 11.6. The van der Waals surface area contributed by atoms with Gasteiger partial charge in [0, 0.05) is 30.7 Å². The largest absolute Gasteiger partial charge is 0.300 e. The van der Waals surface area contributed by atoms with Gasteiger partial charge >= 0.3 is 0 Å². The number of H-pyrrole nitrogens is 1. The van der Waals surface area contributed by atoms with Gasteiger partial charge in [-0.15, -0.1) is 0 Å². The number of hydrogen-bond donors (Lipinski definition) is 1. The molecule has 2 rings (SSSR count). The first-order valence-electron chi connectivity index (χ1n) is 6.87. The van der Waals surface area contributed by atoms with Gasteiger partial charge in [0.2, 0.25) is 0 Å². The maximum Gasteiger partial charge on any atom is 0.132 e. The third-order valence-electron chi connectivity index (χ3n) is 3.73. The van der Waals surface area contributed by atoms with Crippen LogP contribution in [0, 0.1) is 0 Å².